The number of hydrogen-bond donors (Lipinski definition) is 3. The van der Waals surface area contributed by atoms with Crippen LogP contribution in [0.2, 0.25) is 0 Å². The van der Waals surface area contributed by atoms with Crippen LogP contribution in [-0.4, -0.2) is 42.3 Å². The summed E-state index contributed by atoms with van der Waals surface area (Å²) in [7, 11) is 0. The SMILES string of the molecule is O=C(C#CCNC(=O)OCC1c2ccccc2-c2ccccc21)NC1CCCC1C(=O)O. The van der Waals surface area contributed by atoms with E-state index in [4.69, 9.17) is 9.84 Å². The van der Waals surface area contributed by atoms with E-state index in [2.05, 4.69) is 34.6 Å². The number of amides is 2. The van der Waals surface area contributed by atoms with E-state index in [9.17, 15) is 14.4 Å². The van der Waals surface area contributed by atoms with Crippen LogP contribution in [0, 0.1) is 17.8 Å². The van der Waals surface area contributed by atoms with Gasteiger partial charge in [0.2, 0.25) is 0 Å². The van der Waals surface area contributed by atoms with Crippen LogP contribution >= 0.6 is 0 Å². The molecule has 0 spiro atoms. The number of nitrogens with one attached hydrogen (secondary N) is 2. The lowest BCUT2D eigenvalue weighted by atomic mass is 9.98. The third-order valence-electron chi connectivity index (χ3n) is 6.02. The minimum Gasteiger partial charge on any atom is -0.481 e. The molecule has 2 aromatic rings. The molecule has 2 amide bonds. The van der Waals surface area contributed by atoms with Crippen molar-refractivity contribution in [1.29, 1.82) is 0 Å². The fourth-order valence-corrected chi connectivity index (χ4v) is 4.52. The highest BCUT2D eigenvalue weighted by Crippen LogP contribution is 2.44. The summed E-state index contributed by atoms with van der Waals surface area (Å²) >= 11 is 0. The van der Waals surface area contributed by atoms with E-state index >= 15 is 0 Å². The Labute approximate surface area is 186 Å². The number of fused-ring (bicyclic) bond motifs is 3. The van der Waals surface area contributed by atoms with Gasteiger partial charge >= 0.3 is 12.1 Å². The fraction of sp³-hybridized carbons (Fsp3) is 0.320. The third kappa shape index (κ3) is 4.59. The molecule has 32 heavy (non-hydrogen) atoms. The molecule has 0 aromatic heterocycles. The van der Waals surface area contributed by atoms with E-state index in [1.54, 1.807) is 0 Å². The maximum atomic E-state index is 12.1. The Morgan fingerprint density at radius 2 is 1.66 bits per heavy atom. The molecule has 4 rings (SSSR count). The van der Waals surface area contributed by atoms with Crippen molar-refractivity contribution in [2.75, 3.05) is 13.2 Å². The molecule has 0 saturated heterocycles. The van der Waals surface area contributed by atoms with Crippen molar-refractivity contribution in [3.8, 4) is 23.0 Å². The second kappa shape index (κ2) is 9.56. The summed E-state index contributed by atoms with van der Waals surface area (Å²) < 4.78 is 5.41. The van der Waals surface area contributed by atoms with Crippen LogP contribution in [0.1, 0.15) is 36.3 Å². The van der Waals surface area contributed by atoms with Crippen LogP contribution in [-0.2, 0) is 14.3 Å². The lowest BCUT2D eigenvalue weighted by Crippen LogP contribution is -2.39. The Kier molecular flexibility index (Phi) is 6.41. The van der Waals surface area contributed by atoms with Crippen molar-refractivity contribution in [2.24, 2.45) is 5.92 Å². The molecular weight excluding hydrogens is 408 g/mol. The average molecular weight is 432 g/mol. The molecule has 1 saturated carbocycles. The number of carbonyl (C=O) groups excluding carboxylic acids is 2. The van der Waals surface area contributed by atoms with Crippen molar-refractivity contribution in [2.45, 2.75) is 31.2 Å². The normalized spacial score (nSPS) is 18.6. The van der Waals surface area contributed by atoms with Crippen molar-refractivity contribution < 1.29 is 24.2 Å². The van der Waals surface area contributed by atoms with Crippen molar-refractivity contribution >= 4 is 18.0 Å². The molecule has 0 aliphatic heterocycles. The van der Waals surface area contributed by atoms with Crippen molar-refractivity contribution in [3.05, 3.63) is 59.7 Å². The van der Waals surface area contributed by atoms with Gasteiger partial charge in [-0.15, -0.1) is 0 Å². The molecule has 2 aliphatic carbocycles. The van der Waals surface area contributed by atoms with E-state index < -0.39 is 29.9 Å². The summed E-state index contributed by atoms with van der Waals surface area (Å²) in [5.74, 6) is 2.91. The van der Waals surface area contributed by atoms with Gasteiger partial charge in [-0.1, -0.05) is 60.9 Å². The Balaban J connectivity index is 1.25. The third-order valence-corrected chi connectivity index (χ3v) is 6.02. The molecule has 0 bridgehead atoms. The van der Waals surface area contributed by atoms with E-state index in [1.165, 1.54) is 0 Å². The Hall–Kier alpha value is -3.79. The monoisotopic (exact) mass is 432 g/mol. The number of aliphatic carboxylic acids is 1. The maximum absolute atomic E-state index is 12.1. The van der Waals surface area contributed by atoms with Crippen LogP contribution < -0.4 is 10.6 Å². The first-order valence-electron chi connectivity index (χ1n) is 10.7. The van der Waals surface area contributed by atoms with Gasteiger partial charge in [0.1, 0.15) is 6.61 Å². The first-order chi connectivity index (χ1) is 15.5. The summed E-state index contributed by atoms with van der Waals surface area (Å²) in [4.78, 5) is 35.2. The summed E-state index contributed by atoms with van der Waals surface area (Å²) in [6.45, 7) is 0.156. The molecule has 0 heterocycles. The number of rotatable bonds is 5. The van der Waals surface area contributed by atoms with E-state index in [0.29, 0.717) is 12.8 Å². The minimum absolute atomic E-state index is 0.0291. The highest BCUT2D eigenvalue weighted by Gasteiger charge is 2.33. The van der Waals surface area contributed by atoms with Gasteiger partial charge < -0.3 is 20.5 Å². The Morgan fingerprint density at radius 3 is 2.31 bits per heavy atom. The zero-order valence-electron chi connectivity index (χ0n) is 17.5. The zero-order chi connectivity index (χ0) is 22.5. The first-order valence-corrected chi connectivity index (χ1v) is 10.7. The van der Waals surface area contributed by atoms with Crippen LogP contribution in [0.25, 0.3) is 11.1 Å². The van der Waals surface area contributed by atoms with Gasteiger partial charge in [-0.3, -0.25) is 9.59 Å². The zero-order valence-corrected chi connectivity index (χ0v) is 17.5. The van der Waals surface area contributed by atoms with Crippen molar-refractivity contribution in [3.63, 3.8) is 0 Å². The summed E-state index contributed by atoms with van der Waals surface area (Å²) in [6.07, 6.45) is 1.33. The quantitative estimate of drug-likeness (QED) is 0.630. The maximum Gasteiger partial charge on any atom is 0.407 e. The van der Waals surface area contributed by atoms with Crippen LogP contribution in [0.4, 0.5) is 4.79 Å². The van der Waals surface area contributed by atoms with Gasteiger partial charge in [-0.25, -0.2) is 4.79 Å². The highest BCUT2D eigenvalue weighted by atomic mass is 16.5. The van der Waals surface area contributed by atoms with E-state index in [0.717, 1.165) is 28.7 Å². The predicted octanol–water partition coefficient (Wildman–Crippen LogP) is 2.90. The van der Waals surface area contributed by atoms with Gasteiger partial charge in [0.15, 0.2) is 0 Å². The lowest BCUT2D eigenvalue weighted by Gasteiger charge is -2.15. The fourth-order valence-electron chi connectivity index (χ4n) is 4.52. The molecule has 3 N–H and O–H groups in total. The second-order valence-electron chi connectivity index (χ2n) is 7.94. The number of carboxylic acids is 1. The molecule has 2 unspecified atom stereocenters. The van der Waals surface area contributed by atoms with Gasteiger partial charge in [-0.05, 0) is 41.0 Å². The largest absolute Gasteiger partial charge is 0.481 e. The van der Waals surface area contributed by atoms with Gasteiger partial charge in [0.25, 0.3) is 5.91 Å². The summed E-state index contributed by atoms with van der Waals surface area (Å²) in [5.41, 5.74) is 4.57. The minimum atomic E-state index is -0.905. The van der Waals surface area contributed by atoms with E-state index in [1.807, 2.05) is 36.4 Å². The second-order valence-corrected chi connectivity index (χ2v) is 7.94. The molecule has 1 fully saturated rings. The number of hydrogen-bond acceptors (Lipinski definition) is 4. The number of carbonyl (C=O) groups is 3. The molecule has 0 radical (unpaired) electrons. The first kappa shape index (κ1) is 21.4. The smallest absolute Gasteiger partial charge is 0.407 e. The summed E-state index contributed by atoms with van der Waals surface area (Å²) in [5, 5.41) is 14.3. The van der Waals surface area contributed by atoms with Crippen LogP contribution in [0.5, 0.6) is 0 Å². The lowest BCUT2D eigenvalue weighted by molar-refractivity contribution is -0.142. The Morgan fingerprint density at radius 1 is 1.00 bits per heavy atom. The number of alkyl carbamates (subject to hydrolysis) is 1. The molecule has 164 valence electrons. The van der Waals surface area contributed by atoms with Crippen LogP contribution in [0.15, 0.2) is 48.5 Å². The molecule has 7 heteroatoms. The topological polar surface area (TPSA) is 105 Å². The van der Waals surface area contributed by atoms with Crippen LogP contribution in [0.3, 0.4) is 0 Å². The van der Waals surface area contributed by atoms with Gasteiger partial charge in [-0.2, -0.15) is 0 Å². The van der Waals surface area contributed by atoms with Gasteiger partial charge in [0.05, 0.1) is 12.5 Å². The molecule has 2 atom stereocenters. The Bertz CT molecular complexity index is 1060. The summed E-state index contributed by atoms with van der Waals surface area (Å²) in [6, 6.07) is 15.8. The molecule has 7 nitrogen and oxygen atoms in total. The highest BCUT2D eigenvalue weighted by molar-refractivity contribution is 5.94. The molecule has 2 aromatic carbocycles. The average Bonchev–Trinajstić information content (AvgIpc) is 3.38. The standard InChI is InChI=1S/C25H24N2O5/c28-23(27-22-12-5-11-20(22)24(29)30)13-6-14-26-25(31)32-15-21-18-9-3-1-7-16(18)17-8-2-4-10-19(17)21/h1-4,7-10,20-22H,5,11-12,14-15H2,(H,26,31)(H,27,28)(H,29,30). The number of ether oxygens (including phenoxy) is 1. The van der Waals surface area contributed by atoms with E-state index in [-0.39, 0.29) is 19.1 Å². The number of benzene rings is 2. The molecular formula is C25H24N2O5. The molecule has 2 aliphatic rings. The number of carboxylic acid groups (broad SMARTS) is 1. The predicted molar refractivity (Wildman–Crippen MR) is 118 cm³/mol. The van der Waals surface area contributed by atoms with Crippen molar-refractivity contribution in [1.82, 2.24) is 10.6 Å². The van der Waals surface area contributed by atoms with Gasteiger partial charge in [0, 0.05) is 12.0 Å².